The number of amides is 1. The van der Waals surface area contributed by atoms with Gasteiger partial charge < -0.3 is 25.6 Å². The highest BCUT2D eigenvalue weighted by atomic mass is 35.5. The Morgan fingerprint density at radius 1 is 1.31 bits per heavy atom. The number of benzene rings is 2. The molecule has 3 aromatic rings. The number of carbonyl (C=O) groups is 1. The number of nitrogens with two attached hydrogens (primary N) is 1. The Hall–Kier alpha value is -3.72. The first-order valence-corrected chi connectivity index (χ1v) is 8.70. The summed E-state index contributed by atoms with van der Waals surface area (Å²) in [5.41, 5.74) is 6.72. The SMILES string of the molecule is COc1cc(/C=N/c2[nH]nc(Nc3cccc(Cl)c3)c2C(N)=O)cc(O)c1OC. The molecule has 0 aliphatic rings. The smallest absolute Gasteiger partial charge is 0.256 e. The molecule has 29 heavy (non-hydrogen) atoms. The van der Waals surface area contributed by atoms with Gasteiger partial charge in [0, 0.05) is 22.5 Å². The van der Waals surface area contributed by atoms with Gasteiger partial charge >= 0.3 is 0 Å². The minimum atomic E-state index is -0.717. The Morgan fingerprint density at radius 2 is 2.10 bits per heavy atom. The second-order valence-electron chi connectivity index (χ2n) is 5.83. The van der Waals surface area contributed by atoms with Crippen LogP contribution in [0.4, 0.5) is 17.3 Å². The van der Waals surface area contributed by atoms with Gasteiger partial charge in [-0.2, -0.15) is 5.10 Å². The summed E-state index contributed by atoms with van der Waals surface area (Å²) in [6.07, 6.45) is 1.42. The standard InChI is InChI=1S/C19H18ClN5O4/c1-28-14-7-10(6-13(26)16(14)29-2)9-22-18-15(17(21)27)19(25-24-18)23-12-5-3-4-11(20)8-12/h3-9,26H,1-2H3,(H2,21,27)(H2,23,24,25)/b22-9+. The number of hydrogen-bond acceptors (Lipinski definition) is 7. The zero-order valence-electron chi connectivity index (χ0n) is 15.6. The van der Waals surface area contributed by atoms with Crippen molar-refractivity contribution in [2.75, 3.05) is 19.5 Å². The Balaban J connectivity index is 1.93. The van der Waals surface area contributed by atoms with E-state index in [1.807, 2.05) is 0 Å². The van der Waals surface area contributed by atoms with E-state index < -0.39 is 5.91 Å². The molecule has 0 aliphatic carbocycles. The first kappa shape index (κ1) is 20.0. The Morgan fingerprint density at radius 3 is 2.76 bits per heavy atom. The molecule has 10 heteroatoms. The van der Waals surface area contributed by atoms with Crippen molar-refractivity contribution in [1.29, 1.82) is 0 Å². The van der Waals surface area contributed by atoms with Crippen LogP contribution in [0.15, 0.2) is 41.4 Å². The van der Waals surface area contributed by atoms with Gasteiger partial charge in [0.05, 0.1) is 14.2 Å². The lowest BCUT2D eigenvalue weighted by Gasteiger charge is -2.09. The molecular weight excluding hydrogens is 398 g/mol. The fraction of sp³-hybridized carbons (Fsp3) is 0.105. The molecule has 0 atom stereocenters. The van der Waals surface area contributed by atoms with Gasteiger partial charge in [-0.1, -0.05) is 17.7 Å². The van der Waals surface area contributed by atoms with Crippen molar-refractivity contribution in [2.24, 2.45) is 10.7 Å². The summed E-state index contributed by atoms with van der Waals surface area (Å²) < 4.78 is 10.3. The number of nitrogens with zero attached hydrogens (tertiary/aromatic N) is 2. The van der Waals surface area contributed by atoms with Crippen LogP contribution in [0.5, 0.6) is 17.2 Å². The molecule has 5 N–H and O–H groups in total. The number of aromatic amines is 1. The molecule has 1 aromatic heterocycles. The van der Waals surface area contributed by atoms with Crippen molar-refractivity contribution in [3.8, 4) is 17.2 Å². The number of phenols is 1. The summed E-state index contributed by atoms with van der Waals surface area (Å²) in [6, 6.07) is 9.98. The van der Waals surface area contributed by atoms with E-state index in [4.69, 9.17) is 26.8 Å². The van der Waals surface area contributed by atoms with E-state index in [9.17, 15) is 9.90 Å². The molecule has 0 saturated carbocycles. The van der Waals surface area contributed by atoms with Gasteiger partial charge in [0.2, 0.25) is 5.75 Å². The van der Waals surface area contributed by atoms with E-state index in [1.54, 1.807) is 30.3 Å². The summed E-state index contributed by atoms with van der Waals surface area (Å²) in [7, 11) is 2.87. The highest BCUT2D eigenvalue weighted by molar-refractivity contribution is 6.30. The molecule has 9 nitrogen and oxygen atoms in total. The van der Waals surface area contributed by atoms with Crippen LogP contribution < -0.4 is 20.5 Å². The van der Waals surface area contributed by atoms with Crippen LogP contribution in [0.25, 0.3) is 0 Å². The third-order valence-electron chi connectivity index (χ3n) is 3.91. The minimum absolute atomic E-state index is 0.0749. The number of H-pyrrole nitrogens is 1. The number of carbonyl (C=O) groups excluding carboxylic acids is 1. The van der Waals surface area contributed by atoms with Crippen molar-refractivity contribution in [3.05, 3.63) is 52.5 Å². The van der Waals surface area contributed by atoms with Crippen LogP contribution in [0.2, 0.25) is 5.02 Å². The summed E-state index contributed by atoms with van der Waals surface area (Å²) in [4.78, 5) is 16.2. The number of phenolic OH excluding ortho intramolecular Hbond substituents is 1. The minimum Gasteiger partial charge on any atom is -0.504 e. The molecule has 1 heterocycles. The quantitative estimate of drug-likeness (QED) is 0.437. The van der Waals surface area contributed by atoms with Gasteiger partial charge in [-0.15, -0.1) is 0 Å². The molecule has 0 fully saturated rings. The van der Waals surface area contributed by atoms with Crippen molar-refractivity contribution in [2.45, 2.75) is 0 Å². The molecule has 0 radical (unpaired) electrons. The molecule has 3 rings (SSSR count). The fourth-order valence-electron chi connectivity index (χ4n) is 2.63. The highest BCUT2D eigenvalue weighted by Crippen LogP contribution is 2.37. The van der Waals surface area contributed by atoms with Crippen molar-refractivity contribution in [1.82, 2.24) is 10.2 Å². The zero-order valence-corrected chi connectivity index (χ0v) is 16.3. The predicted molar refractivity (Wildman–Crippen MR) is 110 cm³/mol. The number of halogens is 1. The van der Waals surface area contributed by atoms with Gasteiger partial charge in [0.1, 0.15) is 5.56 Å². The van der Waals surface area contributed by atoms with E-state index in [-0.39, 0.29) is 28.7 Å². The molecule has 1 amide bonds. The Labute approximate surface area is 171 Å². The van der Waals surface area contributed by atoms with Crippen molar-refractivity contribution >= 4 is 41.0 Å². The molecule has 150 valence electrons. The summed E-state index contributed by atoms with van der Waals surface area (Å²) in [6.45, 7) is 0. The highest BCUT2D eigenvalue weighted by Gasteiger charge is 2.18. The van der Waals surface area contributed by atoms with Crippen LogP contribution >= 0.6 is 11.6 Å². The lowest BCUT2D eigenvalue weighted by molar-refractivity contribution is 0.100. The fourth-order valence-corrected chi connectivity index (χ4v) is 2.82. The van der Waals surface area contributed by atoms with Crippen molar-refractivity contribution < 1.29 is 19.4 Å². The summed E-state index contributed by atoms with van der Waals surface area (Å²) in [5.74, 6) is 0.0642. The van der Waals surface area contributed by atoms with Gasteiger partial charge in [0.25, 0.3) is 5.91 Å². The summed E-state index contributed by atoms with van der Waals surface area (Å²) in [5, 5.41) is 20.3. The van der Waals surface area contributed by atoms with Crippen LogP contribution in [0.1, 0.15) is 15.9 Å². The van der Waals surface area contributed by atoms with E-state index >= 15 is 0 Å². The maximum Gasteiger partial charge on any atom is 0.256 e. The number of hydrogen-bond donors (Lipinski definition) is 4. The number of aromatic nitrogens is 2. The van der Waals surface area contributed by atoms with Crippen molar-refractivity contribution in [3.63, 3.8) is 0 Å². The van der Waals surface area contributed by atoms with E-state index in [0.717, 1.165) is 0 Å². The predicted octanol–water partition coefficient (Wildman–Crippen LogP) is 3.38. The largest absolute Gasteiger partial charge is 0.504 e. The molecule has 0 saturated heterocycles. The number of rotatable bonds is 7. The van der Waals surface area contributed by atoms with Gasteiger partial charge in [-0.05, 0) is 30.3 Å². The first-order chi connectivity index (χ1) is 13.9. The van der Waals surface area contributed by atoms with Crippen LogP contribution in [0.3, 0.4) is 0 Å². The normalized spacial score (nSPS) is 10.9. The first-order valence-electron chi connectivity index (χ1n) is 8.32. The van der Waals surface area contributed by atoms with Gasteiger partial charge in [-0.25, -0.2) is 4.99 Å². The van der Waals surface area contributed by atoms with E-state index in [1.165, 1.54) is 26.5 Å². The number of methoxy groups -OCH3 is 2. The van der Waals surface area contributed by atoms with E-state index in [2.05, 4.69) is 20.5 Å². The van der Waals surface area contributed by atoms with E-state index in [0.29, 0.717) is 22.0 Å². The van der Waals surface area contributed by atoms with Gasteiger partial charge in [0.15, 0.2) is 23.1 Å². The molecule has 0 spiro atoms. The maximum atomic E-state index is 12.0. The van der Waals surface area contributed by atoms with Crippen LogP contribution in [0, 0.1) is 0 Å². The number of nitrogens with one attached hydrogen (secondary N) is 2. The molecule has 0 unspecified atom stereocenters. The van der Waals surface area contributed by atoms with Crippen LogP contribution in [-0.4, -0.2) is 41.6 Å². The third kappa shape index (κ3) is 4.41. The number of aromatic hydroxyl groups is 1. The zero-order chi connectivity index (χ0) is 21.0. The average Bonchev–Trinajstić information content (AvgIpc) is 3.08. The Bertz CT molecular complexity index is 1080. The number of aliphatic imine (C=N–C) groups is 1. The number of ether oxygens (including phenoxy) is 2. The molecule has 0 bridgehead atoms. The number of primary amides is 1. The summed E-state index contributed by atoms with van der Waals surface area (Å²) >= 11 is 5.97. The third-order valence-corrected chi connectivity index (χ3v) is 4.14. The Kier molecular flexibility index (Phi) is 5.89. The molecule has 0 aliphatic heterocycles. The molecular formula is C19H18ClN5O4. The lowest BCUT2D eigenvalue weighted by Crippen LogP contribution is -2.12. The van der Waals surface area contributed by atoms with Gasteiger partial charge in [-0.3, -0.25) is 9.89 Å². The monoisotopic (exact) mass is 415 g/mol. The number of anilines is 2. The lowest BCUT2D eigenvalue weighted by atomic mass is 10.2. The topological polar surface area (TPSA) is 135 Å². The second kappa shape index (κ2) is 8.53. The van der Waals surface area contributed by atoms with Crippen LogP contribution in [-0.2, 0) is 0 Å². The maximum absolute atomic E-state index is 12.0. The second-order valence-corrected chi connectivity index (χ2v) is 6.27. The average molecular weight is 416 g/mol. The molecule has 2 aromatic carbocycles.